The van der Waals surface area contributed by atoms with Crippen LogP contribution in [0.2, 0.25) is 0 Å². The molecule has 0 unspecified atom stereocenters. The molecule has 0 amide bonds. The average molecular weight is 190 g/mol. The maximum absolute atomic E-state index is 9.88. The van der Waals surface area contributed by atoms with Gasteiger partial charge in [-0.15, -0.1) is 6.58 Å². The van der Waals surface area contributed by atoms with Crippen LogP contribution in [0.5, 0.6) is 0 Å². The maximum atomic E-state index is 9.88. The van der Waals surface area contributed by atoms with E-state index >= 15 is 0 Å². The molecular formula is C4H7NaO3S2. The van der Waals surface area contributed by atoms with Gasteiger partial charge in [0.2, 0.25) is 0 Å². The van der Waals surface area contributed by atoms with Crippen LogP contribution in [0.3, 0.4) is 0 Å². The van der Waals surface area contributed by atoms with Crippen LogP contribution in [-0.2, 0) is 9.15 Å². The normalized spacial score (nSPS) is 10.1. The molecule has 0 spiro atoms. The quantitative estimate of drug-likeness (QED) is 0.165. The van der Waals surface area contributed by atoms with Gasteiger partial charge in [-0.2, -0.15) is 0 Å². The molecule has 0 aromatic carbocycles. The van der Waals surface area contributed by atoms with Crippen molar-refractivity contribution in [2.45, 2.75) is 6.42 Å². The first-order chi connectivity index (χ1) is 4.06. The summed E-state index contributed by atoms with van der Waals surface area (Å²) in [6, 6.07) is 0. The van der Waals surface area contributed by atoms with E-state index in [9.17, 15) is 13.0 Å². The molecule has 0 aliphatic heterocycles. The summed E-state index contributed by atoms with van der Waals surface area (Å²) in [6.45, 7) is 3.37. The molecule has 6 heteroatoms. The Morgan fingerprint density at radius 2 is 2.10 bits per heavy atom. The first kappa shape index (κ1) is 13.6. The fourth-order valence-electron chi connectivity index (χ4n) is 0.234. The van der Waals surface area contributed by atoms with Gasteiger partial charge in [-0.3, -0.25) is 0 Å². The summed E-state index contributed by atoms with van der Waals surface area (Å²) in [6.07, 6.45) is 2.12. The third kappa shape index (κ3) is 11.8. The largest absolute Gasteiger partial charge is 1.00 e. The average Bonchev–Trinajstić information content (AvgIpc) is 1.63. The smallest absolute Gasteiger partial charge is 0.739 e. The van der Waals surface area contributed by atoms with Gasteiger partial charge in [0.25, 0.3) is 0 Å². The van der Waals surface area contributed by atoms with Gasteiger partial charge in [0, 0.05) is 5.75 Å². The fraction of sp³-hybridized carbons (Fsp3) is 0.500. The zero-order valence-electron chi connectivity index (χ0n) is 5.74. The zero-order valence-corrected chi connectivity index (χ0v) is 9.37. The molecule has 0 aromatic heterocycles. The summed E-state index contributed by atoms with van der Waals surface area (Å²) in [5.41, 5.74) is 0. The first-order valence-electron chi connectivity index (χ1n) is 2.27. The van der Waals surface area contributed by atoms with Gasteiger partial charge >= 0.3 is 29.6 Å². The van der Waals surface area contributed by atoms with Crippen LogP contribution in [0, 0.1) is 0 Å². The van der Waals surface area contributed by atoms with Gasteiger partial charge < -0.3 is 4.55 Å². The van der Waals surface area contributed by atoms with E-state index in [0.717, 1.165) is 0 Å². The maximum Gasteiger partial charge on any atom is 1.00 e. The zero-order chi connectivity index (χ0) is 7.33. The molecule has 0 atom stereocenters. The second kappa shape index (κ2) is 6.69. The van der Waals surface area contributed by atoms with Crippen LogP contribution < -0.4 is 29.6 Å². The van der Waals surface area contributed by atoms with Gasteiger partial charge in [0.05, 0.1) is 0 Å². The van der Waals surface area contributed by atoms with Gasteiger partial charge in [0.15, 0.2) is 0 Å². The van der Waals surface area contributed by atoms with Crippen molar-refractivity contribution in [1.29, 1.82) is 0 Å². The van der Waals surface area contributed by atoms with Crippen molar-refractivity contribution >= 4 is 19.9 Å². The van der Waals surface area contributed by atoms with E-state index in [1.807, 2.05) is 0 Å². The van der Waals surface area contributed by atoms with Crippen molar-refractivity contribution in [3.8, 4) is 0 Å². The molecule has 0 radical (unpaired) electrons. The number of hydrogen-bond acceptors (Lipinski definition) is 4. The van der Waals surface area contributed by atoms with Crippen molar-refractivity contribution in [2.75, 3.05) is 5.75 Å². The predicted molar refractivity (Wildman–Crippen MR) is 37.0 cm³/mol. The first-order valence-corrected chi connectivity index (χ1v) is 5.18. The topological polar surface area (TPSA) is 57.2 Å². The Morgan fingerprint density at radius 1 is 1.60 bits per heavy atom. The number of allylic oxidation sites excluding steroid dienone is 1. The van der Waals surface area contributed by atoms with Gasteiger partial charge in [-0.25, -0.2) is 8.42 Å². The van der Waals surface area contributed by atoms with Crippen molar-refractivity contribution in [1.82, 2.24) is 0 Å². The van der Waals surface area contributed by atoms with Crippen LogP contribution in [-0.4, -0.2) is 18.7 Å². The van der Waals surface area contributed by atoms with Crippen LogP contribution >= 0.6 is 10.8 Å². The standard InChI is InChI=1S/C4H8O3S2.Na/c1-2-3-4-8-9(5,6)7;/h2H,1,3-4H2,(H,5,6,7);/q;+1/p-1. The monoisotopic (exact) mass is 190 g/mol. The summed E-state index contributed by atoms with van der Waals surface area (Å²) < 4.78 is 29.6. The molecule has 0 bridgehead atoms. The Bertz CT molecular complexity index is 175. The Kier molecular flexibility index (Phi) is 9.09. The van der Waals surface area contributed by atoms with Crippen molar-refractivity contribution in [3.05, 3.63) is 12.7 Å². The minimum Gasteiger partial charge on any atom is -0.739 e. The summed E-state index contributed by atoms with van der Waals surface area (Å²) >= 11 is 0. The van der Waals surface area contributed by atoms with E-state index in [1.165, 1.54) is 0 Å². The van der Waals surface area contributed by atoms with E-state index in [1.54, 1.807) is 6.08 Å². The summed E-state index contributed by atoms with van der Waals surface area (Å²) in [4.78, 5) is 0. The van der Waals surface area contributed by atoms with Crippen LogP contribution in [0.25, 0.3) is 0 Å². The van der Waals surface area contributed by atoms with Crippen molar-refractivity contribution < 1.29 is 42.5 Å². The van der Waals surface area contributed by atoms with E-state index in [-0.39, 0.29) is 29.6 Å². The third-order valence-corrected chi connectivity index (χ3v) is 2.61. The number of rotatable bonds is 4. The van der Waals surface area contributed by atoms with E-state index in [2.05, 4.69) is 6.58 Å². The molecule has 10 heavy (non-hydrogen) atoms. The van der Waals surface area contributed by atoms with Gasteiger partial charge in [-0.1, -0.05) is 6.08 Å². The van der Waals surface area contributed by atoms with Crippen molar-refractivity contribution in [2.24, 2.45) is 0 Å². The van der Waals surface area contributed by atoms with Crippen LogP contribution in [0.1, 0.15) is 6.42 Å². The predicted octanol–water partition coefficient (Wildman–Crippen LogP) is -2.24. The molecule has 0 saturated heterocycles. The second-order valence-corrected chi connectivity index (χ2v) is 4.70. The van der Waals surface area contributed by atoms with E-state index in [0.29, 0.717) is 23.0 Å². The Labute approximate surface area is 86.7 Å². The molecule has 3 nitrogen and oxygen atoms in total. The van der Waals surface area contributed by atoms with Crippen LogP contribution in [0.15, 0.2) is 12.7 Å². The van der Waals surface area contributed by atoms with Gasteiger partial charge in [-0.05, 0) is 17.2 Å². The molecule has 0 aromatic rings. The SMILES string of the molecule is C=CCCSS(=O)(=O)[O-].[Na+]. The second-order valence-electron chi connectivity index (χ2n) is 1.31. The van der Waals surface area contributed by atoms with E-state index in [4.69, 9.17) is 0 Å². The molecule has 0 aliphatic carbocycles. The van der Waals surface area contributed by atoms with Crippen molar-refractivity contribution in [3.63, 3.8) is 0 Å². The molecule has 0 rings (SSSR count). The fourth-order valence-corrected chi connectivity index (χ4v) is 1.60. The van der Waals surface area contributed by atoms with E-state index < -0.39 is 9.15 Å². The summed E-state index contributed by atoms with van der Waals surface area (Å²) in [7, 11) is -3.67. The molecule has 0 saturated carbocycles. The molecular weight excluding hydrogens is 183 g/mol. The summed E-state index contributed by atoms with van der Waals surface area (Å²) in [5.74, 6) is 0.301. The van der Waals surface area contributed by atoms with Crippen LogP contribution in [0.4, 0.5) is 0 Å². The Morgan fingerprint density at radius 3 is 2.40 bits per heavy atom. The third-order valence-electron chi connectivity index (χ3n) is 0.550. The summed E-state index contributed by atoms with van der Waals surface area (Å²) in [5, 5.41) is 0. The molecule has 54 valence electrons. The molecule has 0 N–H and O–H groups in total. The van der Waals surface area contributed by atoms with Gasteiger partial charge in [0.1, 0.15) is 9.15 Å². The molecule has 0 aliphatic rings. The Balaban J connectivity index is 0. The minimum atomic E-state index is -4.08. The molecule has 0 heterocycles. The number of hydrogen-bond donors (Lipinski definition) is 0. The molecule has 0 fully saturated rings. The Hall–Kier alpha value is 1.000. The minimum absolute atomic E-state index is 0.